The lowest BCUT2D eigenvalue weighted by Crippen LogP contribution is -2.56. The van der Waals surface area contributed by atoms with E-state index in [9.17, 15) is 14.7 Å². The maximum Gasteiger partial charge on any atom is 0.413 e. The second-order valence-corrected chi connectivity index (χ2v) is 5.63. The molecule has 0 aromatic carbocycles. The highest BCUT2D eigenvalue weighted by molar-refractivity contribution is 6.03. The number of urea groups is 1. The van der Waals surface area contributed by atoms with Crippen molar-refractivity contribution in [2.24, 2.45) is 4.99 Å². The topological polar surface area (TPSA) is 133 Å². The Balaban J connectivity index is 1.80. The van der Waals surface area contributed by atoms with Crippen LogP contribution in [0.5, 0.6) is 0 Å². The fourth-order valence-corrected chi connectivity index (χ4v) is 2.44. The summed E-state index contributed by atoms with van der Waals surface area (Å²) in [6.07, 6.45) is 0.0646. The summed E-state index contributed by atoms with van der Waals surface area (Å²) in [4.78, 5) is 29.0. The van der Waals surface area contributed by atoms with Gasteiger partial charge in [0.25, 0.3) is 0 Å². The van der Waals surface area contributed by atoms with Gasteiger partial charge in [0.05, 0.1) is 19.3 Å². The molecule has 1 fully saturated rings. The highest BCUT2D eigenvalue weighted by atomic mass is 16.6. The molecule has 2 aliphatic heterocycles. The maximum atomic E-state index is 12.1. The molecule has 0 saturated carbocycles. The smallest absolute Gasteiger partial charge is 0.413 e. The van der Waals surface area contributed by atoms with Crippen LogP contribution in [-0.2, 0) is 9.47 Å². The van der Waals surface area contributed by atoms with E-state index in [0.29, 0.717) is 6.61 Å². The molecule has 136 valence electrons. The zero-order chi connectivity index (χ0) is 17.5. The average molecular weight is 344 g/mol. The van der Waals surface area contributed by atoms with Gasteiger partial charge in [0, 0.05) is 6.42 Å². The van der Waals surface area contributed by atoms with Crippen molar-refractivity contribution in [3.63, 3.8) is 0 Å². The van der Waals surface area contributed by atoms with Gasteiger partial charge in [-0.25, -0.2) is 14.6 Å². The van der Waals surface area contributed by atoms with E-state index in [1.807, 2.05) is 6.92 Å². The summed E-state index contributed by atoms with van der Waals surface area (Å²) in [7, 11) is 0. The summed E-state index contributed by atoms with van der Waals surface area (Å²) in [5.74, 6) is 0.00833. The molecule has 0 bridgehead atoms. The van der Waals surface area contributed by atoms with E-state index in [4.69, 9.17) is 14.6 Å². The molecule has 0 aromatic rings. The lowest BCUT2D eigenvalue weighted by molar-refractivity contribution is -0.0637. The summed E-state index contributed by atoms with van der Waals surface area (Å²) in [6.45, 7) is 2.00. The molecule has 2 rings (SSSR count). The Hall–Kier alpha value is -1.91. The van der Waals surface area contributed by atoms with Crippen LogP contribution in [0.2, 0.25) is 0 Å². The van der Waals surface area contributed by atoms with E-state index in [-0.39, 0.29) is 25.7 Å². The number of guanidine groups is 1. The minimum absolute atomic E-state index is 0.00833. The monoisotopic (exact) mass is 344 g/mol. The number of hydrogen-bond donors (Lipinski definition) is 4. The number of aliphatic imine (C=N–C) groups is 1. The Morgan fingerprint density at radius 3 is 2.96 bits per heavy atom. The molecule has 1 saturated heterocycles. The molecular formula is C14H24N4O6. The third-order valence-corrected chi connectivity index (χ3v) is 3.80. The van der Waals surface area contributed by atoms with Crippen molar-refractivity contribution >= 4 is 18.1 Å². The minimum Gasteiger partial charge on any atom is -0.449 e. The van der Waals surface area contributed by atoms with Crippen LogP contribution in [0.1, 0.15) is 32.6 Å². The van der Waals surface area contributed by atoms with Crippen molar-refractivity contribution in [1.82, 2.24) is 15.5 Å². The van der Waals surface area contributed by atoms with Crippen LogP contribution in [0.15, 0.2) is 4.99 Å². The van der Waals surface area contributed by atoms with E-state index in [1.165, 1.54) is 4.90 Å². The zero-order valence-electron chi connectivity index (χ0n) is 13.6. The molecule has 3 atom stereocenters. The second-order valence-electron chi connectivity index (χ2n) is 5.63. The van der Waals surface area contributed by atoms with Crippen molar-refractivity contribution in [1.29, 1.82) is 0 Å². The van der Waals surface area contributed by atoms with Crippen molar-refractivity contribution in [2.75, 3.05) is 19.9 Å². The van der Waals surface area contributed by atoms with Gasteiger partial charge in [0.15, 0.2) is 0 Å². The first kappa shape index (κ1) is 18.4. The summed E-state index contributed by atoms with van der Waals surface area (Å²) < 4.78 is 10.4. The van der Waals surface area contributed by atoms with Gasteiger partial charge in [-0.05, 0) is 6.42 Å². The summed E-state index contributed by atoms with van der Waals surface area (Å²) >= 11 is 0. The summed E-state index contributed by atoms with van der Waals surface area (Å²) in [5, 5.41) is 23.6. The van der Waals surface area contributed by atoms with Gasteiger partial charge < -0.3 is 19.7 Å². The fraction of sp³-hybridized carbons (Fsp3) is 0.786. The Labute approximate surface area is 139 Å². The van der Waals surface area contributed by atoms with Crippen molar-refractivity contribution in [3.05, 3.63) is 0 Å². The van der Waals surface area contributed by atoms with E-state index < -0.39 is 30.6 Å². The standard InChI is InChI=1S/C14H24N4O6/c1-2-3-4-5-23-14(22)17-12-15-8-18(13(21)16-12)11-6-9(20)10(7-19)24-11/h9-11,19-20H,2-8H2,1H3,(H2,15,16,17,21,22)/t9-,10+,11-/m0/s1. The van der Waals surface area contributed by atoms with Gasteiger partial charge in [0.1, 0.15) is 19.0 Å². The quantitative estimate of drug-likeness (QED) is 0.489. The predicted octanol–water partition coefficient (Wildman–Crippen LogP) is -0.290. The number of unbranched alkanes of at least 4 members (excludes halogenated alkanes) is 2. The van der Waals surface area contributed by atoms with Gasteiger partial charge in [-0.2, -0.15) is 0 Å². The molecule has 3 amide bonds. The van der Waals surface area contributed by atoms with Gasteiger partial charge in [0.2, 0.25) is 5.96 Å². The number of hydrogen-bond acceptors (Lipinski definition) is 7. The van der Waals surface area contributed by atoms with E-state index in [1.54, 1.807) is 0 Å². The number of aliphatic hydroxyl groups excluding tert-OH is 2. The molecule has 10 nitrogen and oxygen atoms in total. The Bertz CT molecular complexity index is 486. The second kappa shape index (κ2) is 8.81. The molecule has 2 aliphatic rings. The Morgan fingerprint density at radius 1 is 1.54 bits per heavy atom. The molecule has 0 unspecified atom stereocenters. The zero-order valence-corrected chi connectivity index (χ0v) is 13.6. The van der Waals surface area contributed by atoms with Gasteiger partial charge >= 0.3 is 12.1 Å². The summed E-state index contributed by atoms with van der Waals surface area (Å²) in [6, 6.07) is -0.512. The first-order valence-electron chi connectivity index (χ1n) is 8.05. The number of aliphatic hydroxyl groups is 2. The third-order valence-electron chi connectivity index (χ3n) is 3.80. The number of nitrogens with one attached hydrogen (secondary N) is 2. The van der Waals surface area contributed by atoms with E-state index in [2.05, 4.69) is 15.6 Å². The fourth-order valence-electron chi connectivity index (χ4n) is 2.44. The van der Waals surface area contributed by atoms with E-state index >= 15 is 0 Å². The molecule has 0 spiro atoms. The number of nitrogens with zero attached hydrogens (tertiary/aromatic N) is 2. The highest BCUT2D eigenvalue weighted by Crippen LogP contribution is 2.23. The lowest BCUT2D eigenvalue weighted by atomic mass is 10.2. The van der Waals surface area contributed by atoms with Gasteiger partial charge in [-0.3, -0.25) is 15.5 Å². The number of amides is 3. The number of rotatable bonds is 6. The van der Waals surface area contributed by atoms with Crippen molar-refractivity contribution in [3.8, 4) is 0 Å². The normalized spacial score (nSPS) is 26.8. The number of alkyl carbamates (subject to hydrolysis) is 1. The first-order chi connectivity index (χ1) is 11.5. The van der Waals surface area contributed by atoms with Gasteiger partial charge in [-0.1, -0.05) is 19.8 Å². The van der Waals surface area contributed by atoms with Crippen LogP contribution in [0, 0.1) is 0 Å². The number of ether oxygens (including phenoxy) is 2. The Morgan fingerprint density at radius 2 is 2.33 bits per heavy atom. The van der Waals surface area contributed by atoms with Crippen molar-refractivity contribution < 1.29 is 29.3 Å². The Kier molecular flexibility index (Phi) is 6.76. The van der Waals surface area contributed by atoms with Crippen LogP contribution in [0.4, 0.5) is 9.59 Å². The molecule has 0 radical (unpaired) electrons. The summed E-state index contributed by atoms with van der Waals surface area (Å²) in [5.41, 5.74) is 0. The van der Waals surface area contributed by atoms with E-state index in [0.717, 1.165) is 19.3 Å². The molecule has 2 heterocycles. The van der Waals surface area contributed by atoms with Crippen LogP contribution in [-0.4, -0.2) is 71.5 Å². The average Bonchev–Trinajstić information content (AvgIpc) is 2.92. The molecular weight excluding hydrogens is 320 g/mol. The van der Waals surface area contributed by atoms with Gasteiger partial charge in [-0.15, -0.1) is 0 Å². The molecule has 4 N–H and O–H groups in total. The van der Waals surface area contributed by atoms with Crippen LogP contribution in [0.25, 0.3) is 0 Å². The maximum absolute atomic E-state index is 12.1. The predicted molar refractivity (Wildman–Crippen MR) is 83.1 cm³/mol. The molecule has 10 heteroatoms. The van der Waals surface area contributed by atoms with Crippen LogP contribution in [0.3, 0.4) is 0 Å². The molecule has 24 heavy (non-hydrogen) atoms. The number of carbonyl (C=O) groups excluding carboxylic acids is 2. The minimum atomic E-state index is -0.839. The SMILES string of the molecule is CCCCCOC(=O)NC1=NCN([C@@H]2C[C@H](O)[C@@H](CO)O2)C(=O)N1. The number of carbonyl (C=O) groups is 2. The third kappa shape index (κ3) is 4.79. The lowest BCUT2D eigenvalue weighted by Gasteiger charge is -2.30. The van der Waals surface area contributed by atoms with Crippen molar-refractivity contribution in [2.45, 2.75) is 51.0 Å². The first-order valence-corrected chi connectivity index (χ1v) is 8.05. The molecule has 0 aliphatic carbocycles. The molecule has 0 aromatic heterocycles. The largest absolute Gasteiger partial charge is 0.449 e. The highest BCUT2D eigenvalue weighted by Gasteiger charge is 2.39. The van der Waals surface area contributed by atoms with Crippen LogP contribution < -0.4 is 10.6 Å². The van der Waals surface area contributed by atoms with Crippen LogP contribution >= 0.6 is 0 Å².